The van der Waals surface area contributed by atoms with Crippen LogP contribution in [0.15, 0.2) is 12.3 Å². The van der Waals surface area contributed by atoms with Gasteiger partial charge in [-0.2, -0.15) is 13.2 Å². The second-order valence-corrected chi connectivity index (χ2v) is 5.49. The molecular formula is C15H20F3N3O2. The fourth-order valence-electron chi connectivity index (χ4n) is 2.66. The molecule has 1 amide bonds. The summed E-state index contributed by atoms with van der Waals surface area (Å²) in [5.41, 5.74) is -0.925. The first-order valence-corrected chi connectivity index (χ1v) is 7.63. The Hall–Kier alpha value is -1.70. The zero-order valence-electron chi connectivity index (χ0n) is 13.1. The fourth-order valence-corrected chi connectivity index (χ4v) is 2.66. The Kier molecular flexibility index (Phi) is 5.56. The SMILES string of the molecule is CCOC(C)C(=O)N1CCC(c2nccc(C(F)(F)F)n2)CC1. The van der Waals surface area contributed by atoms with Crippen molar-refractivity contribution >= 4 is 5.91 Å². The van der Waals surface area contributed by atoms with E-state index in [4.69, 9.17) is 4.74 Å². The maximum absolute atomic E-state index is 12.7. The third-order valence-electron chi connectivity index (χ3n) is 3.90. The minimum absolute atomic E-state index is 0.0877. The van der Waals surface area contributed by atoms with Crippen molar-refractivity contribution in [2.24, 2.45) is 0 Å². The number of amides is 1. The Labute approximate surface area is 132 Å². The zero-order chi connectivity index (χ0) is 17.0. The maximum Gasteiger partial charge on any atom is 0.433 e. The molecule has 2 heterocycles. The van der Waals surface area contributed by atoms with E-state index in [0.29, 0.717) is 32.5 Å². The van der Waals surface area contributed by atoms with E-state index in [-0.39, 0.29) is 17.6 Å². The number of piperidine rings is 1. The molecule has 2 rings (SSSR count). The number of likely N-dealkylation sites (tertiary alicyclic amines) is 1. The number of hydrogen-bond donors (Lipinski definition) is 0. The fraction of sp³-hybridized carbons (Fsp3) is 0.667. The standard InChI is InChI=1S/C15H20F3N3O2/c1-3-23-10(2)14(22)21-8-5-11(6-9-21)13-19-7-4-12(20-13)15(16,17)18/h4,7,10-11H,3,5-6,8-9H2,1-2H3. The van der Waals surface area contributed by atoms with Crippen LogP contribution in [0, 0.1) is 0 Å². The largest absolute Gasteiger partial charge is 0.433 e. The molecule has 0 N–H and O–H groups in total. The highest BCUT2D eigenvalue weighted by molar-refractivity contribution is 5.80. The van der Waals surface area contributed by atoms with Gasteiger partial charge in [0.05, 0.1) is 0 Å². The molecule has 1 aliphatic rings. The van der Waals surface area contributed by atoms with Crippen LogP contribution in [0.5, 0.6) is 0 Å². The molecule has 5 nitrogen and oxygen atoms in total. The lowest BCUT2D eigenvalue weighted by Crippen LogP contribution is -2.43. The molecule has 1 atom stereocenters. The Morgan fingerprint density at radius 1 is 1.43 bits per heavy atom. The number of carbonyl (C=O) groups excluding carboxylic acids is 1. The second-order valence-electron chi connectivity index (χ2n) is 5.49. The normalized spacial score (nSPS) is 18.0. The number of aromatic nitrogens is 2. The van der Waals surface area contributed by atoms with E-state index in [1.165, 1.54) is 0 Å². The van der Waals surface area contributed by atoms with E-state index in [1.807, 2.05) is 6.92 Å². The molecule has 1 aromatic heterocycles. The molecule has 8 heteroatoms. The summed E-state index contributed by atoms with van der Waals surface area (Å²) in [5.74, 6) is -0.0520. The molecule has 1 aromatic rings. The molecular weight excluding hydrogens is 311 g/mol. The van der Waals surface area contributed by atoms with Crippen LogP contribution < -0.4 is 0 Å². The van der Waals surface area contributed by atoms with E-state index in [9.17, 15) is 18.0 Å². The third kappa shape index (κ3) is 4.40. The summed E-state index contributed by atoms with van der Waals surface area (Å²) in [7, 11) is 0. The van der Waals surface area contributed by atoms with E-state index in [1.54, 1.807) is 11.8 Å². The monoisotopic (exact) mass is 331 g/mol. The van der Waals surface area contributed by atoms with Gasteiger partial charge in [-0.05, 0) is 32.8 Å². The summed E-state index contributed by atoms with van der Waals surface area (Å²) in [4.78, 5) is 21.4. The Bertz CT molecular complexity index is 543. The van der Waals surface area contributed by atoms with E-state index in [0.717, 1.165) is 12.3 Å². The minimum atomic E-state index is -4.47. The average molecular weight is 331 g/mol. The molecule has 23 heavy (non-hydrogen) atoms. The highest BCUT2D eigenvalue weighted by Crippen LogP contribution is 2.30. The molecule has 1 saturated heterocycles. The lowest BCUT2D eigenvalue weighted by molar-refractivity contribution is -0.143. The van der Waals surface area contributed by atoms with Crippen LogP contribution in [0.3, 0.4) is 0 Å². The number of hydrogen-bond acceptors (Lipinski definition) is 4. The number of nitrogens with zero attached hydrogens (tertiary/aromatic N) is 3. The minimum Gasteiger partial charge on any atom is -0.369 e. The van der Waals surface area contributed by atoms with Crippen molar-refractivity contribution in [3.8, 4) is 0 Å². The van der Waals surface area contributed by atoms with Gasteiger partial charge in [-0.3, -0.25) is 4.79 Å². The quantitative estimate of drug-likeness (QED) is 0.851. The van der Waals surface area contributed by atoms with Crippen LogP contribution >= 0.6 is 0 Å². The summed E-state index contributed by atoms with van der Waals surface area (Å²) in [6.45, 7) is 4.93. The number of carbonyl (C=O) groups is 1. The molecule has 0 bridgehead atoms. The lowest BCUT2D eigenvalue weighted by Gasteiger charge is -2.32. The van der Waals surface area contributed by atoms with Crippen LogP contribution in [0.4, 0.5) is 13.2 Å². The first kappa shape index (κ1) is 17.7. The predicted molar refractivity (Wildman–Crippen MR) is 76.7 cm³/mol. The van der Waals surface area contributed by atoms with Gasteiger partial charge in [0.2, 0.25) is 0 Å². The van der Waals surface area contributed by atoms with Gasteiger partial charge in [0.1, 0.15) is 17.6 Å². The maximum atomic E-state index is 12.7. The molecule has 0 aliphatic carbocycles. The first-order chi connectivity index (χ1) is 10.8. The summed E-state index contributed by atoms with van der Waals surface area (Å²) in [6, 6.07) is 0.867. The summed E-state index contributed by atoms with van der Waals surface area (Å²) in [6.07, 6.45) is -2.74. The number of rotatable bonds is 4. The number of ether oxygens (including phenoxy) is 1. The third-order valence-corrected chi connectivity index (χ3v) is 3.90. The average Bonchev–Trinajstić information content (AvgIpc) is 2.54. The van der Waals surface area contributed by atoms with Crippen molar-refractivity contribution in [1.82, 2.24) is 14.9 Å². The molecule has 0 spiro atoms. The van der Waals surface area contributed by atoms with E-state index >= 15 is 0 Å². The molecule has 0 radical (unpaired) electrons. The molecule has 1 aliphatic heterocycles. The van der Waals surface area contributed by atoms with E-state index < -0.39 is 18.0 Å². The van der Waals surface area contributed by atoms with Gasteiger partial charge in [0, 0.05) is 31.8 Å². The topological polar surface area (TPSA) is 55.3 Å². The first-order valence-electron chi connectivity index (χ1n) is 7.63. The van der Waals surface area contributed by atoms with E-state index in [2.05, 4.69) is 9.97 Å². The smallest absolute Gasteiger partial charge is 0.369 e. The van der Waals surface area contributed by atoms with Crippen molar-refractivity contribution in [1.29, 1.82) is 0 Å². The second kappa shape index (κ2) is 7.25. The summed E-state index contributed by atoms with van der Waals surface area (Å²) in [5, 5.41) is 0. The van der Waals surface area contributed by atoms with Crippen molar-refractivity contribution in [3.63, 3.8) is 0 Å². The van der Waals surface area contributed by atoms with Gasteiger partial charge in [-0.1, -0.05) is 0 Å². The number of alkyl halides is 3. The molecule has 1 unspecified atom stereocenters. The molecule has 128 valence electrons. The Balaban J connectivity index is 1.98. The van der Waals surface area contributed by atoms with Crippen LogP contribution in [0.2, 0.25) is 0 Å². The van der Waals surface area contributed by atoms with Crippen LogP contribution in [-0.4, -0.2) is 46.6 Å². The zero-order valence-corrected chi connectivity index (χ0v) is 13.1. The van der Waals surface area contributed by atoms with Crippen molar-refractivity contribution in [2.75, 3.05) is 19.7 Å². The van der Waals surface area contributed by atoms with Gasteiger partial charge in [-0.25, -0.2) is 9.97 Å². The van der Waals surface area contributed by atoms with Gasteiger partial charge < -0.3 is 9.64 Å². The molecule has 1 fully saturated rings. The van der Waals surface area contributed by atoms with Crippen molar-refractivity contribution in [3.05, 3.63) is 23.8 Å². The highest BCUT2D eigenvalue weighted by atomic mass is 19.4. The van der Waals surface area contributed by atoms with Gasteiger partial charge in [0.25, 0.3) is 5.91 Å². The van der Waals surface area contributed by atoms with Crippen LogP contribution in [-0.2, 0) is 15.7 Å². The predicted octanol–water partition coefficient (Wildman–Crippen LogP) is 2.63. The van der Waals surface area contributed by atoms with Crippen molar-refractivity contribution < 1.29 is 22.7 Å². The summed E-state index contributed by atoms with van der Waals surface area (Å²) < 4.78 is 43.4. The van der Waals surface area contributed by atoms with Crippen molar-refractivity contribution in [2.45, 2.75) is 44.9 Å². The Morgan fingerprint density at radius 3 is 2.65 bits per heavy atom. The molecule has 0 aromatic carbocycles. The van der Waals surface area contributed by atoms with Crippen LogP contribution in [0.25, 0.3) is 0 Å². The van der Waals surface area contributed by atoms with Crippen LogP contribution in [0.1, 0.15) is 44.1 Å². The lowest BCUT2D eigenvalue weighted by atomic mass is 9.95. The number of halogens is 3. The molecule has 0 saturated carbocycles. The van der Waals surface area contributed by atoms with Gasteiger partial charge in [-0.15, -0.1) is 0 Å². The Morgan fingerprint density at radius 2 is 2.09 bits per heavy atom. The highest BCUT2D eigenvalue weighted by Gasteiger charge is 2.34. The van der Waals surface area contributed by atoms with Gasteiger partial charge in [0.15, 0.2) is 0 Å². The summed E-state index contributed by atoms with van der Waals surface area (Å²) >= 11 is 0. The van der Waals surface area contributed by atoms with Gasteiger partial charge >= 0.3 is 6.18 Å².